The maximum atomic E-state index is 13.5. The van der Waals surface area contributed by atoms with E-state index in [-0.39, 0.29) is 18.0 Å². The first-order chi connectivity index (χ1) is 10.9. The van der Waals surface area contributed by atoms with Gasteiger partial charge in [0.1, 0.15) is 11.6 Å². The van der Waals surface area contributed by atoms with Crippen LogP contribution in [0.5, 0.6) is 0 Å². The third-order valence-electron chi connectivity index (χ3n) is 3.18. The second kappa shape index (κ2) is 6.99. The van der Waals surface area contributed by atoms with Crippen molar-refractivity contribution in [2.45, 2.75) is 6.54 Å². The van der Waals surface area contributed by atoms with Crippen LogP contribution < -0.4 is 5.32 Å². The minimum atomic E-state index is -0.973. The number of nitrogens with one attached hydrogen (secondary N) is 1. The highest BCUT2D eigenvalue weighted by Crippen LogP contribution is 2.09. The summed E-state index contributed by atoms with van der Waals surface area (Å²) >= 11 is 0. The van der Waals surface area contributed by atoms with Gasteiger partial charge in [0.05, 0.1) is 18.3 Å². The number of aryl methyl sites for hydroxylation is 1. The van der Waals surface area contributed by atoms with Crippen LogP contribution in [0.25, 0.3) is 0 Å². The van der Waals surface area contributed by atoms with Crippen molar-refractivity contribution in [2.24, 2.45) is 7.05 Å². The van der Waals surface area contributed by atoms with Crippen molar-refractivity contribution in [1.82, 2.24) is 20.0 Å². The monoisotopic (exact) mass is 322 g/mol. The molecule has 0 radical (unpaired) electrons. The normalized spacial score (nSPS) is 10.4. The molecule has 0 aliphatic rings. The molecule has 23 heavy (non-hydrogen) atoms. The molecule has 6 nitrogen and oxygen atoms in total. The Balaban J connectivity index is 1.89. The zero-order chi connectivity index (χ0) is 17.0. The topological polar surface area (TPSA) is 67.2 Å². The maximum absolute atomic E-state index is 13.5. The van der Waals surface area contributed by atoms with Crippen LogP contribution in [-0.4, -0.2) is 40.1 Å². The molecule has 122 valence electrons. The first-order valence-corrected chi connectivity index (χ1v) is 6.81. The lowest BCUT2D eigenvalue weighted by Crippen LogP contribution is -2.38. The molecule has 2 rings (SSSR count). The van der Waals surface area contributed by atoms with Gasteiger partial charge in [-0.1, -0.05) is 0 Å². The van der Waals surface area contributed by atoms with E-state index in [1.54, 1.807) is 31.2 Å². The Morgan fingerprint density at radius 2 is 2.09 bits per heavy atom. The van der Waals surface area contributed by atoms with Crippen LogP contribution in [0.4, 0.5) is 8.78 Å². The maximum Gasteiger partial charge on any atom is 0.254 e. The zero-order valence-corrected chi connectivity index (χ0v) is 12.7. The van der Waals surface area contributed by atoms with Crippen molar-refractivity contribution in [3.05, 3.63) is 53.4 Å². The van der Waals surface area contributed by atoms with Gasteiger partial charge in [-0.25, -0.2) is 8.78 Å². The second-order valence-electron chi connectivity index (χ2n) is 5.08. The van der Waals surface area contributed by atoms with Gasteiger partial charge >= 0.3 is 0 Å². The lowest BCUT2D eigenvalue weighted by molar-refractivity contribution is -0.129. The Kier molecular flexibility index (Phi) is 5.05. The molecule has 0 fully saturated rings. The van der Waals surface area contributed by atoms with Crippen molar-refractivity contribution in [1.29, 1.82) is 0 Å². The van der Waals surface area contributed by atoms with Crippen LogP contribution in [-0.2, 0) is 18.4 Å². The predicted octanol–water partition coefficient (Wildman–Crippen LogP) is 1.09. The van der Waals surface area contributed by atoms with Gasteiger partial charge in [-0.15, -0.1) is 0 Å². The predicted molar refractivity (Wildman–Crippen MR) is 78.4 cm³/mol. The van der Waals surface area contributed by atoms with Crippen LogP contribution in [0.3, 0.4) is 0 Å². The van der Waals surface area contributed by atoms with Gasteiger partial charge in [0.2, 0.25) is 5.91 Å². The minimum absolute atomic E-state index is 0.285. The third kappa shape index (κ3) is 4.35. The summed E-state index contributed by atoms with van der Waals surface area (Å²) in [6, 6.07) is 2.63. The van der Waals surface area contributed by atoms with E-state index in [0.717, 1.165) is 17.7 Å². The fraction of sp³-hybridized carbons (Fsp3) is 0.267. The SMILES string of the molecule is CN(Cc1cnn(C)c1)C(=O)CNC(=O)c1ccc(F)cc1F. The van der Waals surface area contributed by atoms with E-state index in [0.29, 0.717) is 12.6 Å². The molecule has 2 amide bonds. The summed E-state index contributed by atoms with van der Waals surface area (Å²) in [4.78, 5) is 25.2. The summed E-state index contributed by atoms with van der Waals surface area (Å²) in [5.74, 6) is -2.86. The number of nitrogens with zero attached hydrogens (tertiary/aromatic N) is 3. The minimum Gasteiger partial charge on any atom is -0.343 e. The smallest absolute Gasteiger partial charge is 0.254 e. The molecule has 8 heteroatoms. The molecule has 0 bridgehead atoms. The summed E-state index contributed by atoms with van der Waals surface area (Å²) in [5.41, 5.74) is 0.536. The molecular weight excluding hydrogens is 306 g/mol. The number of hydrogen-bond donors (Lipinski definition) is 1. The second-order valence-corrected chi connectivity index (χ2v) is 5.08. The number of likely N-dealkylation sites (N-methyl/N-ethyl adjacent to an activating group) is 1. The van der Waals surface area contributed by atoms with Gasteiger partial charge in [0.25, 0.3) is 5.91 Å². The van der Waals surface area contributed by atoms with E-state index in [1.807, 2.05) is 0 Å². The number of halogens is 2. The number of carbonyl (C=O) groups excluding carboxylic acids is 2. The molecule has 0 atom stereocenters. The highest BCUT2D eigenvalue weighted by atomic mass is 19.1. The Hall–Kier alpha value is -2.77. The first kappa shape index (κ1) is 16.6. The van der Waals surface area contributed by atoms with Crippen LogP contribution >= 0.6 is 0 Å². The molecule has 1 heterocycles. The zero-order valence-electron chi connectivity index (χ0n) is 12.7. The molecule has 1 aromatic carbocycles. The van der Waals surface area contributed by atoms with Gasteiger partial charge in [-0.3, -0.25) is 14.3 Å². The van der Waals surface area contributed by atoms with Crippen molar-refractivity contribution < 1.29 is 18.4 Å². The highest BCUT2D eigenvalue weighted by Gasteiger charge is 2.15. The number of benzene rings is 1. The van der Waals surface area contributed by atoms with Gasteiger partial charge in [-0.2, -0.15) is 5.10 Å². The van der Waals surface area contributed by atoms with E-state index in [9.17, 15) is 18.4 Å². The van der Waals surface area contributed by atoms with E-state index in [1.165, 1.54) is 4.90 Å². The standard InChI is InChI=1S/C15H16F2N4O2/c1-20(8-10-6-19-21(2)9-10)14(22)7-18-15(23)12-4-3-11(16)5-13(12)17/h3-6,9H,7-8H2,1-2H3,(H,18,23). The Labute approximate surface area is 131 Å². The van der Waals surface area contributed by atoms with Gasteiger partial charge < -0.3 is 10.2 Å². The molecule has 0 aliphatic heterocycles. The quantitative estimate of drug-likeness (QED) is 0.896. The van der Waals surface area contributed by atoms with E-state index in [2.05, 4.69) is 10.4 Å². The number of carbonyl (C=O) groups is 2. The van der Waals surface area contributed by atoms with Crippen LogP contribution in [0.15, 0.2) is 30.6 Å². The summed E-state index contributed by atoms with van der Waals surface area (Å²) < 4.78 is 27.9. The highest BCUT2D eigenvalue weighted by molar-refractivity contribution is 5.96. The van der Waals surface area contributed by atoms with Crippen LogP contribution in [0.1, 0.15) is 15.9 Å². The molecular formula is C15H16F2N4O2. The molecule has 0 saturated heterocycles. The average Bonchev–Trinajstić information content (AvgIpc) is 2.89. The number of aromatic nitrogens is 2. The lowest BCUT2D eigenvalue weighted by Gasteiger charge is -2.16. The largest absolute Gasteiger partial charge is 0.343 e. The molecule has 1 aromatic heterocycles. The number of amides is 2. The Morgan fingerprint density at radius 1 is 1.35 bits per heavy atom. The Morgan fingerprint density at radius 3 is 2.70 bits per heavy atom. The number of hydrogen-bond acceptors (Lipinski definition) is 3. The Bertz CT molecular complexity index is 730. The fourth-order valence-corrected chi connectivity index (χ4v) is 1.98. The molecule has 2 aromatic rings. The van der Waals surface area contributed by atoms with Crippen molar-refractivity contribution in [2.75, 3.05) is 13.6 Å². The summed E-state index contributed by atoms with van der Waals surface area (Å²) in [6.07, 6.45) is 3.41. The van der Waals surface area contributed by atoms with Crippen LogP contribution in [0, 0.1) is 11.6 Å². The van der Waals surface area contributed by atoms with Gasteiger partial charge in [0, 0.05) is 38.5 Å². The summed E-state index contributed by atoms with van der Waals surface area (Å²) in [5, 5.41) is 6.31. The molecule has 0 spiro atoms. The van der Waals surface area contributed by atoms with E-state index in [4.69, 9.17) is 0 Å². The molecule has 0 unspecified atom stereocenters. The van der Waals surface area contributed by atoms with E-state index < -0.39 is 17.5 Å². The van der Waals surface area contributed by atoms with Gasteiger partial charge in [-0.05, 0) is 12.1 Å². The molecule has 1 N–H and O–H groups in total. The van der Waals surface area contributed by atoms with E-state index >= 15 is 0 Å². The average molecular weight is 322 g/mol. The third-order valence-corrected chi connectivity index (χ3v) is 3.18. The summed E-state index contributed by atoms with van der Waals surface area (Å²) in [6.45, 7) is 0.0554. The van der Waals surface area contributed by atoms with Crippen molar-refractivity contribution in [3.63, 3.8) is 0 Å². The number of rotatable bonds is 5. The molecule has 0 aliphatic carbocycles. The summed E-state index contributed by atoms with van der Waals surface area (Å²) in [7, 11) is 3.35. The first-order valence-electron chi connectivity index (χ1n) is 6.81. The fourth-order valence-electron chi connectivity index (χ4n) is 1.98. The molecule has 0 saturated carbocycles. The van der Waals surface area contributed by atoms with Crippen LogP contribution in [0.2, 0.25) is 0 Å². The van der Waals surface area contributed by atoms with Crippen molar-refractivity contribution in [3.8, 4) is 0 Å². The van der Waals surface area contributed by atoms with Gasteiger partial charge in [0.15, 0.2) is 0 Å². The lowest BCUT2D eigenvalue weighted by atomic mass is 10.2. The van der Waals surface area contributed by atoms with Crippen molar-refractivity contribution >= 4 is 11.8 Å².